The average Bonchev–Trinajstić information content (AvgIpc) is 2.86. The number of likely N-dealkylation sites (N-methyl/N-ethyl adjacent to an activating group) is 1. The van der Waals surface area contributed by atoms with Crippen LogP contribution in [0.15, 0.2) is 65.5 Å². The summed E-state index contributed by atoms with van der Waals surface area (Å²) in [5.74, 6) is 0.860. The number of ether oxygens (including phenoxy) is 1. The average molecular weight is 462 g/mol. The van der Waals surface area contributed by atoms with Gasteiger partial charge >= 0.3 is 0 Å². The monoisotopic (exact) mass is 461 g/mol. The molecule has 1 aliphatic heterocycles. The van der Waals surface area contributed by atoms with Crippen LogP contribution in [-0.2, 0) is 6.54 Å². The van der Waals surface area contributed by atoms with Crippen LogP contribution in [0.4, 0.5) is 0 Å². The minimum absolute atomic E-state index is 0.0589. The molecule has 1 N–H and O–H groups in total. The molecule has 1 saturated heterocycles. The highest BCUT2D eigenvalue weighted by Gasteiger charge is 2.31. The van der Waals surface area contributed by atoms with E-state index in [0.717, 1.165) is 55.3 Å². The summed E-state index contributed by atoms with van der Waals surface area (Å²) >= 11 is 0. The number of piperazine rings is 1. The van der Waals surface area contributed by atoms with Crippen LogP contribution in [0.25, 0.3) is 0 Å². The summed E-state index contributed by atoms with van der Waals surface area (Å²) in [6.07, 6.45) is 0. The molecular weight excluding hydrogens is 426 g/mol. The molecule has 1 unspecified atom stereocenters. The second-order valence-electron chi connectivity index (χ2n) is 8.84. The van der Waals surface area contributed by atoms with E-state index in [1.54, 1.807) is 10.6 Å². The smallest absolute Gasteiger partial charge is 0.259 e. The number of aromatic hydroxyl groups is 1. The molecule has 6 nitrogen and oxygen atoms in total. The maximum atomic E-state index is 13.9. The van der Waals surface area contributed by atoms with Crippen molar-refractivity contribution >= 4 is 0 Å². The van der Waals surface area contributed by atoms with E-state index in [1.807, 2.05) is 68.4 Å². The van der Waals surface area contributed by atoms with Crippen LogP contribution in [0, 0.1) is 6.92 Å². The van der Waals surface area contributed by atoms with Crippen molar-refractivity contribution < 1.29 is 9.84 Å². The van der Waals surface area contributed by atoms with Gasteiger partial charge in [-0.05, 0) is 49.7 Å². The molecule has 34 heavy (non-hydrogen) atoms. The number of hydrogen-bond acceptors (Lipinski definition) is 5. The summed E-state index contributed by atoms with van der Waals surface area (Å²) in [7, 11) is 0. The molecule has 1 aromatic heterocycles. The molecule has 1 fully saturated rings. The van der Waals surface area contributed by atoms with Gasteiger partial charge in [-0.2, -0.15) is 0 Å². The van der Waals surface area contributed by atoms with E-state index in [4.69, 9.17) is 4.74 Å². The van der Waals surface area contributed by atoms with Crippen molar-refractivity contribution in [2.24, 2.45) is 0 Å². The van der Waals surface area contributed by atoms with E-state index >= 15 is 0 Å². The lowest BCUT2D eigenvalue weighted by atomic mass is 9.95. The van der Waals surface area contributed by atoms with Crippen LogP contribution in [0.3, 0.4) is 0 Å². The maximum absolute atomic E-state index is 13.9. The Hall–Kier alpha value is -3.09. The number of benzene rings is 2. The van der Waals surface area contributed by atoms with E-state index in [2.05, 4.69) is 16.7 Å². The molecular formula is C28H35N3O3. The normalized spacial score (nSPS) is 15.9. The second kappa shape index (κ2) is 10.9. The number of aromatic nitrogens is 1. The zero-order valence-electron chi connectivity index (χ0n) is 20.4. The third-order valence-corrected chi connectivity index (χ3v) is 6.71. The highest BCUT2D eigenvalue weighted by Crippen LogP contribution is 2.34. The first kappa shape index (κ1) is 24.0. The van der Waals surface area contributed by atoms with Crippen molar-refractivity contribution in [2.45, 2.75) is 33.4 Å². The van der Waals surface area contributed by atoms with Gasteiger partial charge in [0.05, 0.1) is 24.8 Å². The van der Waals surface area contributed by atoms with Crippen LogP contribution in [0.2, 0.25) is 0 Å². The van der Waals surface area contributed by atoms with Gasteiger partial charge < -0.3 is 19.3 Å². The number of nitrogens with zero attached hydrogens (tertiary/aromatic N) is 3. The minimum atomic E-state index is -0.329. The lowest BCUT2D eigenvalue weighted by molar-refractivity contribution is 0.111. The summed E-state index contributed by atoms with van der Waals surface area (Å²) in [6.45, 7) is 11.6. The summed E-state index contributed by atoms with van der Waals surface area (Å²) in [6, 6.07) is 19.3. The molecule has 0 radical (unpaired) electrons. The largest absolute Gasteiger partial charge is 0.507 e. The van der Waals surface area contributed by atoms with Crippen LogP contribution >= 0.6 is 0 Å². The first-order chi connectivity index (χ1) is 16.5. The molecule has 0 spiro atoms. The van der Waals surface area contributed by atoms with Gasteiger partial charge in [0.1, 0.15) is 11.5 Å². The number of hydrogen-bond donors (Lipinski definition) is 1. The van der Waals surface area contributed by atoms with E-state index in [9.17, 15) is 9.90 Å². The summed E-state index contributed by atoms with van der Waals surface area (Å²) in [4.78, 5) is 18.6. The van der Waals surface area contributed by atoms with E-state index in [1.165, 1.54) is 0 Å². The molecule has 2 aromatic carbocycles. The fourth-order valence-corrected chi connectivity index (χ4v) is 4.80. The van der Waals surface area contributed by atoms with Crippen molar-refractivity contribution in [2.75, 3.05) is 39.3 Å². The van der Waals surface area contributed by atoms with Gasteiger partial charge in [0.2, 0.25) is 0 Å². The van der Waals surface area contributed by atoms with Gasteiger partial charge in [-0.15, -0.1) is 0 Å². The summed E-state index contributed by atoms with van der Waals surface area (Å²) < 4.78 is 7.41. The highest BCUT2D eigenvalue weighted by molar-refractivity contribution is 5.42. The Labute approximate surface area is 202 Å². The van der Waals surface area contributed by atoms with Crippen molar-refractivity contribution in [3.63, 3.8) is 0 Å². The zero-order valence-corrected chi connectivity index (χ0v) is 20.4. The van der Waals surface area contributed by atoms with Crippen molar-refractivity contribution in [3.05, 3.63) is 93.4 Å². The molecule has 0 aliphatic carbocycles. The van der Waals surface area contributed by atoms with Crippen LogP contribution in [0.1, 0.15) is 42.3 Å². The van der Waals surface area contributed by atoms with Gasteiger partial charge in [-0.3, -0.25) is 9.69 Å². The van der Waals surface area contributed by atoms with E-state index in [-0.39, 0.29) is 17.4 Å². The topological polar surface area (TPSA) is 57.9 Å². The first-order valence-electron chi connectivity index (χ1n) is 12.2. The zero-order chi connectivity index (χ0) is 24.1. The summed E-state index contributed by atoms with van der Waals surface area (Å²) in [5, 5.41) is 11.1. The SMILES string of the molecule is CCOc1ccc(C(c2c(O)cc(C)n(Cc3ccccc3)c2=O)N2CCN(CC)CC2)cc1. The Kier molecular flexibility index (Phi) is 7.70. The lowest BCUT2D eigenvalue weighted by Gasteiger charge is -2.39. The van der Waals surface area contributed by atoms with Crippen molar-refractivity contribution in [1.29, 1.82) is 0 Å². The molecule has 180 valence electrons. The van der Waals surface area contributed by atoms with Gasteiger partial charge in [-0.25, -0.2) is 0 Å². The first-order valence-corrected chi connectivity index (χ1v) is 12.2. The van der Waals surface area contributed by atoms with Gasteiger partial charge in [0, 0.05) is 31.9 Å². The third-order valence-electron chi connectivity index (χ3n) is 6.71. The van der Waals surface area contributed by atoms with Crippen LogP contribution < -0.4 is 10.3 Å². The third kappa shape index (κ3) is 5.18. The van der Waals surface area contributed by atoms with Gasteiger partial charge in [0.15, 0.2) is 0 Å². The molecule has 0 amide bonds. The van der Waals surface area contributed by atoms with Gasteiger partial charge in [-0.1, -0.05) is 49.4 Å². The maximum Gasteiger partial charge on any atom is 0.259 e. The molecule has 1 aliphatic rings. The Morgan fingerprint density at radius 3 is 2.26 bits per heavy atom. The Bertz CT molecular complexity index is 1130. The standard InChI is InChI=1S/C28H35N3O3/c1-4-29-15-17-30(18-16-29)27(23-11-13-24(14-12-23)34-5-2)26-25(32)19-21(3)31(28(26)33)20-22-9-7-6-8-10-22/h6-14,19,27,32H,4-5,15-18,20H2,1-3H3. The van der Waals surface area contributed by atoms with E-state index in [0.29, 0.717) is 18.7 Å². The van der Waals surface area contributed by atoms with Crippen LogP contribution in [0.5, 0.6) is 11.5 Å². The quantitative estimate of drug-likeness (QED) is 0.549. The van der Waals surface area contributed by atoms with Crippen LogP contribution in [-0.4, -0.2) is 58.8 Å². The fraction of sp³-hybridized carbons (Fsp3) is 0.393. The number of pyridine rings is 1. The Morgan fingerprint density at radius 1 is 0.971 bits per heavy atom. The second-order valence-corrected chi connectivity index (χ2v) is 8.84. The Balaban J connectivity index is 1.79. The number of aryl methyl sites for hydroxylation is 1. The summed E-state index contributed by atoms with van der Waals surface area (Å²) in [5.41, 5.74) is 3.08. The predicted octanol–water partition coefficient (Wildman–Crippen LogP) is 4.04. The molecule has 0 saturated carbocycles. The molecule has 1 atom stereocenters. The van der Waals surface area contributed by atoms with Crippen molar-refractivity contribution in [1.82, 2.24) is 14.4 Å². The lowest BCUT2D eigenvalue weighted by Crippen LogP contribution is -2.48. The van der Waals surface area contributed by atoms with Crippen molar-refractivity contribution in [3.8, 4) is 11.5 Å². The number of rotatable bonds is 8. The molecule has 0 bridgehead atoms. The Morgan fingerprint density at radius 2 is 1.65 bits per heavy atom. The molecule has 6 heteroatoms. The van der Waals surface area contributed by atoms with E-state index < -0.39 is 0 Å². The predicted molar refractivity (Wildman–Crippen MR) is 136 cm³/mol. The fourth-order valence-electron chi connectivity index (χ4n) is 4.80. The minimum Gasteiger partial charge on any atom is -0.507 e. The molecule has 2 heterocycles. The molecule has 3 aromatic rings. The molecule has 4 rings (SSSR count). The van der Waals surface area contributed by atoms with Gasteiger partial charge in [0.25, 0.3) is 5.56 Å². The highest BCUT2D eigenvalue weighted by atomic mass is 16.5.